The van der Waals surface area contributed by atoms with Gasteiger partial charge >= 0.3 is 0 Å². The van der Waals surface area contributed by atoms with E-state index in [0.717, 1.165) is 93.1 Å². The van der Waals surface area contributed by atoms with E-state index in [2.05, 4.69) is 20.4 Å². The maximum Gasteiger partial charge on any atom is 0.225 e. The summed E-state index contributed by atoms with van der Waals surface area (Å²) in [6, 6.07) is 2.17. The van der Waals surface area contributed by atoms with Crippen molar-refractivity contribution in [3.8, 4) is 11.3 Å². The molecule has 2 aliphatic carbocycles. The molecule has 3 heterocycles. The van der Waals surface area contributed by atoms with Gasteiger partial charge in [-0.3, -0.25) is 4.79 Å². The van der Waals surface area contributed by atoms with Gasteiger partial charge in [0.1, 0.15) is 0 Å². The molecule has 2 aromatic heterocycles. The average molecular weight is 440 g/mol. The van der Waals surface area contributed by atoms with E-state index >= 15 is 0 Å². The quantitative estimate of drug-likeness (QED) is 0.735. The first-order valence-corrected chi connectivity index (χ1v) is 12.0. The zero-order valence-corrected chi connectivity index (χ0v) is 19.0. The predicted octanol–water partition coefficient (Wildman–Crippen LogP) is 3.61. The normalized spacial score (nSPS) is 24.5. The second-order valence-electron chi connectivity index (χ2n) is 9.57. The number of hydrogen-bond acceptors (Lipinski definition) is 7. The van der Waals surface area contributed by atoms with Crippen LogP contribution < -0.4 is 10.2 Å². The molecule has 0 unspecified atom stereocenters. The van der Waals surface area contributed by atoms with Crippen LogP contribution in [-0.4, -0.2) is 53.4 Å². The Balaban J connectivity index is 1.20. The van der Waals surface area contributed by atoms with Gasteiger partial charge in [-0.05, 0) is 51.9 Å². The summed E-state index contributed by atoms with van der Waals surface area (Å²) in [5.41, 5.74) is 2.90. The number of nitrogens with zero attached hydrogens (tertiary/aromatic N) is 4. The second-order valence-corrected chi connectivity index (χ2v) is 9.57. The summed E-state index contributed by atoms with van der Waals surface area (Å²) in [5, 5.41) is 7.31. The lowest BCUT2D eigenvalue weighted by Crippen LogP contribution is -2.47. The zero-order chi connectivity index (χ0) is 22.1. The highest BCUT2D eigenvalue weighted by molar-refractivity contribution is 5.79. The summed E-state index contributed by atoms with van der Waals surface area (Å²) in [5.74, 6) is 2.30. The maximum atomic E-state index is 12.8. The molecule has 0 spiro atoms. The van der Waals surface area contributed by atoms with Gasteiger partial charge in [-0.25, -0.2) is 9.97 Å². The van der Waals surface area contributed by atoms with Crippen LogP contribution in [0.5, 0.6) is 0 Å². The molecule has 8 heteroatoms. The molecule has 1 N–H and O–H groups in total. The highest BCUT2D eigenvalue weighted by Crippen LogP contribution is 2.43. The standard InChI is InChI=1S/C24H33N5O3/c1-15-12-21(32-28-15)20-14-25-24(27-22(20)16-6-7-16)29-10-8-18(9-11-29)26-23(30)17-4-3-5-19(13-17)31-2/h12,14,16-19H,3-11,13H2,1-2H3,(H,26,30)/t17-,19+/m0/s1. The Labute approximate surface area is 189 Å². The van der Waals surface area contributed by atoms with E-state index in [-0.39, 0.29) is 24.0 Å². The summed E-state index contributed by atoms with van der Waals surface area (Å²) in [6.45, 7) is 3.62. The van der Waals surface area contributed by atoms with Crippen molar-refractivity contribution in [2.75, 3.05) is 25.1 Å². The Hall–Kier alpha value is -2.48. The molecule has 3 aliphatic rings. The Morgan fingerprint density at radius 3 is 2.69 bits per heavy atom. The third-order valence-corrected chi connectivity index (χ3v) is 7.12. The second kappa shape index (κ2) is 9.17. The van der Waals surface area contributed by atoms with Crippen molar-refractivity contribution in [2.24, 2.45) is 5.92 Å². The number of piperidine rings is 1. The molecule has 1 amide bonds. The summed E-state index contributed by atoms with van der Waals surface area (Å²) in [6.07, 6.45) is 10.2. The van der Waals surface area contributed by atoms with E-state index in [4.69, 9.17) is 14.2 Å². The molecule has 5 rings (SSSR count). The maximum absolute atomic E-state index is 12.8. The minimum atomic E-state index is 0.0865. The first kappa shape index (κ1) is 21.4. The van der Waals surface area contributed by atoms with E-state index in [1.54, 1.807) is 7.11 Å². The van der Waals surface area contributed by atoms with Gasteiger partial charge in [0.15, 0.2) is 5.76 Å². The molecule has 0 radical (unpaired) electrons. The van der Waals surface area contributed by atoms with Crippen LogP contribution in [0.4, 0.5) is 5.95 Å². The molecule has 3 fully saturated rings. The smallest absolute Gasteiger partial charge is 0.225 e. The van der Waals surface area contributed by atoms with Gasteiger partial charge in [0.25, 0.3) is 0 Å². The van der Waals surface area contributed by atoms with Crippen LogP contribution >= 0.6 is 0 Å². The van der Waals surface area contributed by atoms with Crippen molar-refractivity contribution in [3.63, 3.8) is 0 Å². The van der Waals surface area contributed by atoms with Crippen LogP contribution in [0.15, 0.2) is 16.8 Å². The number of anilines is 1. The SMILES string of the molecule is CO[C@@H]1CCC[C@H](C(=O)NC2CCN(c3ncc(-c4cc(C)no4)c(C4CC4)n3)CC2)C1. The Kier molecular flexibility index (Phi) is 6.13. The predicted molar refractivity (Wildman–Crippen MR) is 120 cm³/mol. The topological polar surface area (TPSA) is 93.4 Å². The highest BCUT2D eigenvalue weighted by atomic mass is 16.5. The van der Waals surface area contributed by atoms with E-state index in [1.807, 2.05) is 19.2 Å². The molecular formula is C24H33N5O3. The van der Waals surface area contributed by atoms with Crippen LogP contribution in [0.1, 0.15) is 68.7 Å². The van der Waals surface area contributed by atoms with Crippen molar-refractivity contribution in [2.45, 2.75) is 76.4 Å². The van der Waals surface area contributed by atoms with Gasteiger partial charge in [0, 0.05) is 50.3 Å². The fourth-order valence-electron chi connectivity index (χ4n) is 5.03. The van der Waals surface area contributed by atoms with Crippen molar-refractivity contribution < 1.29 is 14.1 Å². The summed E-state index contributed by atoms with van der Waals surface area (Å²) in [7, 11) is 1.75. The lowest BCUT2D eigenvalue weighted by Gasteiger charge is -2.34. The first-order chi connectivity index (χ1) is 15.6. The molecule has 0 aromatic carbocycles. The minimum Gasteiger partial charge on any atom is -0.381 e. The first-order valence-electron chi connectivity index (χ1n) is 12.0. The van der Waals surface area contributed by atoms with Crippen LogP contribution in [-0.2, 0) is 9.53 Å². The third-order valence-electron chi connectivity index (χ3n) is 7.12. The van der Waals surface area contributed by atoms with Crippen molar-refractivity contribution in [1.29, 1.82) is 0 Å². The van der Waals surface area contributed by atoms with E-state index in [9.17, 15) is 4.79 Å². The van der Waals surface area contributed by atoms with E-state index in [1.165, 1.54) is 0 Å². The number of amides is 1. The van der Waals surface area contributed by atoms with Crippen molar-refractivity contribution in [1.82, 2.24) is 20.4 Å². The number of hydrogen-bond donors (Lipinski definition) is 1. The minimum absolute atomic E-state index is 0.0865. The monoisotopic (exact) mass is 439 g/mol. The zero-order valence-electron chi connectivity index (χ0n) is 19.0. The molecule has 2 atom stereocenters. The lowest BCUT2D eigenvalue weighted by atomic mass is 9.86. The molecular weight excluding hydrogens is 406 g/mol. The Morgan fingerprint density at radius 2 is 2.00 bits per heavy atom. The molecule has 32 heavy (non-hydrogen) atoms. The van der Waals surface area contributed by atoms with Crippen LogP contribution in [0, 0.1) is 12.8 Å². The van der Waals surface area contributed by atoms with Gasteiger partial charge in [0.05, 0.1) is 23.1 Å². The number of nitrogens with one attached hydrogen (secondary N) is 1. The summed E-state index contributed by atoms with van der Waals surface area (Å²) < 4.78 is 11.0. The van der Waals surface area contributed by atoms with E-state index in [0.29, 0.717) is 5.92 Å². The number of aryl methyl sites for hydroxylation is 1. The van der Waals surface area contributed by atoms with Gasteiger partial charge < -0.3 is 19.5 Å². The van der Waals surface area contributed by atoms with Gasteiger partial charge in [-0.1, -0.05) is 11.6 Å². The summed E-state index contributed by atoms with van der Waals surface area (Å²) >= 11 is 0. The molecule has 2 aromatic rings. The number of methoxy groups -OCH3 is 1. The third kappa shape index (κ3) is 4.65. The largest absolute Gasteiger partial charge is 0.381 e. The molecule has 2 saturated carbocycles. The van der Waals surface area contributed by atoms with Gasteiger partial charge in [0.2, 0.25) is 11.9 Å². The van der Waals surface area contributed by atoms with Crippen molar-refractivity contribution in [3.05, 3.63) is 23.7 Å². The van der Waals surface area contributed by atoms with Crippen molar-refractivity contribution >= 4 is 11.9 Å². The number of ether oxygens (including phenoxy) is 1. The number of carbonyl (C=O) groups is 1. The van der Waals surface area contributed by atoms with Gasteiger partial charge in [-0.15, -0.1) is 0 Å². The fourth-order valence-corrected chi connectivity index (χ4v) is 5.03. The highest BCUT2D eigenvalue weighted by Gasteiger charge is 2.32. The van der Waals surface area contributed by atoms with Gasteiger partial charge in [-0.2, -0.15) is 0 Å². The Morgan fingerprint density at radius 1 is 1.19 bits per heavy atom. The van der Waals surface area contributed by atoms with Crippen LogP contribution in [0.25, 0.3) is 11.3 Å². The molecule has 1 aliphatic heterocycles. The van der Waals surface area contributed by atoms with Crippen LogP contribution in [0.2, 0.25) is 0 Å². The molecule has 0 bridgehead atoms. The molecule has 172 valence electrons. The Bertz CT molecular complexity index is 949. The number of carbonyl (C=O) groups excluding carboxylic acids is 1. The number of aromatic nitrogens is 3. The summed E-state index contributed by atoms with van der Waals surface area (Å²) in [4.78, 5) is 24.6. The average Bonchev–Trinajstić information content (AvgIpc) is 3.59. The van der Waals surface area contributed by atoms with E-state index < -0.39 is 0 Å². The fraction of sp³-hybridized carbons (Fsp3) is 0.667. The van der Waals surface area contributed by atoms with Crippen LogP contribution in [0.3, 0.4) is 0 Å². The lowest BCUT2D eigenvalue weighted by molar-refractivity contribution is -0.128. The molecule has 8 nitrogen and oxygen atoms in total. The molecule has 1 saturated heterocycles. The number of rotatable bonds is 6.